The van der Waals surface area contributed by atoms with Gasteiger partial charge in [-0.1, -0.05) is 0 Å². The van der Waals surface area contributed by atoms with Crippen LogP contribution in [-0.4, -0.2) is 43.5 Å². The fourth-order valence-electron chi connectivity index (χ4n) is 3.46. The van der Waals surface area contributed by atoms with E-state index in [2.05, 4.69) is 4.90 Å². The topological polar surface area (TPSA) is 37.4 Å². The third-order valence-corrected chi connectivity index (χ3v) is 6.67. The van der Waals surface area contributed by atoms with Crippen molar-refractivity contribution in [3.63, 3.8) is 0 Å². The van der Waals surface area contributed by atoms with Crippen molar-refractivity contribution in [2.45, 2.75) is 44.1 Å². The zero-order valence-electron chi connectivity index (χ0n) is 9.82. The van der Waals surface area contributed by atoms with Crippen LogP contribution in [0.3, 0.4) is 0 Å². The number of hydrogen-bond donors (Lipinski definition) is 0. The summed E-state index contributed by atoms with van der Waals surface area (Å²) in [6.07, 6.45) is 7.35. The number of nitrogens with zero attached hydrogens (tertiary/aromatic N) is 1. The molecule has 4 heteroatoms. The predicted octanol–water partition coefficient (Wildman–Crippen LogP) is 1.44. The molecule has 2 aliphatic heterocycles. The number of sulfone groups is 1. The van der Waals surface area contributed by atoms with Crippen LogP contribution in [-0.2, 0) is 9.84 Å². The first kappa shape index (κ1) is 11.0. The van der Waals surface area contributed by atoms with Crippen molar-refractivity contribution in [2.75, 3.05) is 24.6 Å². The van der Waals surface area contributed by atoms with Crippen LogP contribution in [0.4, 0.5) is 0 Å². The van der Waals surface area contributed by atoms with Crippen molar-refractivity contribution >= 4 is 9.84 Å². The molecule has 0 bridgehead atoms. The summed E-state index contributed by atoms with van der Waals surface area (Å²) < 4.78 is 22.7. The van der Waals surface area contributed by atoms with Crippen LogP contribution >= 0.6 is 0 Å². The highest BCUT2D eigenvalue weighted by atomic mass is 32.2. The van der Waals surface area contributed by atoms with E-state index in [1.54, 1.807) is 0 Å². The summed E-state index contributed by atoms with van der Waals surface area (Å²) >= 11 is 0. The van der Waals surface area contributed by atoms with Crippen molar-refractivity contribution in [3.8, 4) is 0 Å². The van der Waals surface area contributed by atoms with Gasteiger partial charge in [0.1, 0.15) is 9.84 Å². The minimum Gasteiger partial charge on any atom is -0.297 e. The molecule has 3 aliphatic rings. The van der Waals surface area contributed by atoms with Gasteiger partial charge in [0.2, 0.25) is 0 Å². The molecule has 1 spiro atoms. The third-order valence-electron chi connectivity index (χ3n) is 4.95. The minimum absolute atomic E-state index is 0.429. The number of hydrogen-bond acceptors (Lipinski definition) is 3. The normalized spacial score (nSPS) is 33.2. The van der Waals surface area contributed by atoms with E-state index in [0.29, 0.717) is 23.0 Å². The highest BCUT2D eigenvalue weighted by Gasteiger charge is 2.49. The van der Waals surface area contributed by atoms with E-state index < -0.39 is 9.84 Å². The van der Waals surface area contributed by atoms with Crippen LogP contribution in [0.5, 0.6) is 0 Å². The summed E-state index contributed by atoms with van der Waals surface area (Å²) in [6, 6.07) is 0. The quantitative estimate of drug-likeness (QED) is 0.736. The standard InChI is InChI=1S/C12H21NO2S/c14-16(15)8-2-11(3-9-16)10-13-7-6-12(13)4-1-5-12/h11H,1-10H2. The molecule has 3 nitrogen and oxygen atoms in total. The van der Waals surface area contributed by atoms with E-state index >= 15 is 0 Å². The first-order chi connectivity index (χ1) is 7.60. The molecule has 0 N–H and O–H groups in total. The molecular formula is C12H21NO2S. The second-order valence-electron chi connectivity index (χ2n) is 5.87. The molecule has 3 fully saturated rings. The highest BCUT2D eigenvalue weighted by molar-refractivity contribution is 7.91. The molecule has 1 saturated carbocycles. The van der Waals surface area contributed by atoms with Gasteiger partial charge in [0.05, 0.1) is 11.5 Å². The molecule has 0 atom stereocenters. The van der Waals surface area contributed by atoms with Crippen LogP contribution in [0.15, 0.2) is 0 Å². The Morgan fingerprint density at radius 3 is 2.25 bits per heavy atom. The summed E-state index contributed by atoms with van der Waals surface area (Å²) in [4.78, 5) is 2.64. The van der Waals surface area contributed by atoms with E-state index in [9.17, 15) is 8.42 Å². The Bertz CT molecular complexity index is 353. The highest BCUT2D eigenvalue weighted by Crippen LogP contribution is 2.47. The van der Waals surface area contributed by atoms with Gasteiger partial charge in [-0.15, -0.1) is 0 Å². The molecule has 92 valence electrons. The molecule has 0 aromatic carbocycles. The van der Waals surface area contributed by atoms with Gasteiger partial charge < -0.3 is 0 Å². The molecule has 3 rings (SSSR count). The fourth-order valence-corrected chi connectivity index (χ4v) is 5.04. The summed E-state index contributed by atoms with van der Waals surface area (Å²) in [5, 5.41) is 0. The zero-order valence-corrected chi connectivity index (χ0v) is 10.6. The van der Waals surface area contributed by atoms with Crippen molar-refractivity contribution < 1.29 is 8.42 Å². The monoisotopic (exact) mass is 243 g/mol. The second-order valence-corrected chi connectivity index (χ2v) is 8.17. The minimum atomic E-state index is -2.68. The summed E-state index contributed by atoms with van der Waals surface area (Å²) in [5.41, 5.74) is 0.580. The first-order valence-electron chi connectivity index (χ1n) is 6.55. The third kappa shape index (κ3) is 1.80. The Morgan fingerprint density at radius 2 is 1.81 bits per heavy atom. The van der Waals surface area contributed by atoms with E-state index in [-0.39, 0.29) is 0 Å². The molecule has 1 aliphatic carbocycles. The fraction of sp³-hybridized carbons (Fsp3) is 1.00. The van der Waals surface area contributed by atoms with Crippen molar-refractivity contribution in [2.24, 2.45) is 5.92 Å². The SMILES string of the molecule is O=S1(=O)CCC(CN2CCC23CCC3)CC1. The zero-order chi connectivity index (χ0) is 11.2. The lowest BCUT2D eigenvalue weighted by Gasteiger charge is -2.59. The summed E-state index contributed by atoms with van der Waals surface area (Å²) in [7, 11) is -2.68. The largest absolute Gasteiger partial charge is 0.297 e. The van der Waals surface area contributed by atoms with Gasteiger partial charge in [0.15, 0.2) is 0 Å². The Balaban J connectivity index is 1.53. The molecule has 0 radical (unpaired) electrons. The van der Waals surface area contributed by atoms with Gasteiger partial charge in [-0.25, -0.2) is 8.42 Å². The number of likely N-dealkylation sites (tertiary alicyclic amines) is 1. The van der Waals surface area contributed by atoms with E-state index in [1.807, 2.05) is 0 Å². The van der Waals surface area contributed by atoms with Crippen LogP contribution in [0, 0.1) is 5.92 Å². The lowest BCUT2D eigenvalue weighted by atomic mass is 9.67. The van der Waals surface area contributed by atoms with Crippen molar-refractivity contribution in [1.29, 1.82) is 0 Å². The molecular weight excluding hydrogens is 222 g/mol. The average Bonchev–Trinajstić information content (AvgIpc) is 2.12. The molecule has 2 saturated heterocycles. The Labute approximate surface area is 98.1 Å². The van der Waals surface area contributed by atoms with Crippen LogP contribution in [0.25, 0.3) is 0 Å². The molecule has 16 heavy (non-hydrogen) atoms. The average molecular weight is 243 g/mol. The smallest absolute Gasteiger partial charge is 0.150 e. The van der Waals surface area contributed by atoms with E-state index in [4.69, 9.17) is 0 Å². The maximum atomic E-state index is 11.3. The van der Waals surface area contributed by atoms with Crippen molar-refractivity contribution in [1.82, 2.24) is 4.90 Å². The lowest BCUT2D eigenvalue weighted by Crippen LogP contribution is -2.64. The lowest BCUT2D eigenvalue weighted by molar-refractivity contribution is -0.0815. The van der Waals surface area contributed by atoms with Crippen LogP contribution in [0.2, 0.25) is 0 Å². The van der Waals surface area contributed by atoms with Gasteiger partial charge in [-0.05, 0) is 44.4 Å². The van der Waals surface area contributed by atoms with Crippen molar-refractivity contribution in [3.05, 3.63) is 0 Å². The summed E-state index contributed by atoms with van der Waals surface area (Å²) in [6.45, 7) is 2.42. The Kier molecular flexibility index (Phi) is 2.55. The molecule has 0 aromatic heterocycles. The predicted molar refractivity (Wildman–Crippen MR) is 64.1 cm³/mol. The van der Waals surface area contributed by atoms with Gasteiger partial charge in [0, 0.05) is 18.6 Å². The second kappa shape index (κ2) is 3.70. The van der Waals surface area contributed by atoms with Gasteiger partial charge in [0.25, 0.3) is 0 Å². The van der Waals surface area contributed by atoms with Gasteiger partial charge in [-0.3, -0.25) is 4.90 Å². The first-order valence-corrected chi connectivity index (χ1v) is 8.37. The molecule has 2 heterocycles. The maximum Gasteiger partial charge on any atom is 0.150 e. The van der Waals surface area contributed by atoms with Crippen LogP contribution in [0.1, 0.15) is 38.5 Å². The maximum absolute atomic E-state index is 11.3. The number of rotatable bonds is 2. The Morgan fingerprint density at radius 1 is 1.12 bits per heavy atom. The molecule has 0 amide bonds. The molecule has 0 unspecified atom stereocenters. The van der Waals surface area contributed by atoms with Crippen LogP contribution < -0.4 is 0 Å². The van der Waals surface area contributed by atoms with E-state index in [0.717, 1.165) is 19.4 Å². The molecule has 0 aromatic rings. The summed E-state index contributed by atoms with van der Waals surface area (Å²) in [5.74, 6) is 1.50. The van der Waals surface area contributed by atoms with Gasteiger partial charge >= 0.3 is 0 Å². The Hall–Kier alpha value is -0.0900. The van der Waals surface area contributed by atoms with Gasteiger partial charge in [-0.2, -0.15) is 0 Å². The van der Waals surface area contributed by atoms with E-state index in [1.165, 1.54) is 32.2 Å².